The number of hydrogen-bond donors (Lipinski definition) is 2. The molecule has 0 radical (unpaired) electrons. The van der Waals surface area contributed by atoms with Crippen LogP contribution in [0, 0.1) is 0 Å². The molecule has 3 nitrogen and oxygen atoms in total. The van der Waals surface area contributed by atoms with Crippen LogP contribution in [0.25, 0.3) is 0 Å². The van der Waals surface area contributed by atoms with Crippen LogP contribution in [0.5, 0.6) is 0 Å². The van der Waals surface area contributed by atoms with Crippen molar-refractivity contribution in [2.24, 2.45) is 0 Å². The van der Waals surface area contributed by atoms with E-state index in [2.05, 4.69) is 44.4 Å². The Balaban J connectivity index is 1.95. The maximum atomic E-state index is 8.85. The van der Waals surface area contributed by atoms with E-state index in [4.69, 9.17) is 5.11 Å². The van der Waals surface area contributed by atoms with Crippen LogP contribution < -0.4 is 5.32 Å². The zero-order valence-electron chi connectivity index (χ0n) is 10.6. The molecule has 100 valence electrons. The van der Waals surface area contributed by atoms with Crippen LogP contribution in [-0.2, 0) is 13.0 Å². The number of aliphatic hydroxyl groups excluding tert-OH is 1. The van der Waals surface area contributed by atoms with E-state index >= 15 is 0 Å². The van der Waals surface area contributed by atoms with Gasteiger partial charge in [-0.05, 0) is 58.1 Å². The highest BCUT2D eigenvalue weighted by Crippen LogP contribution is 2.15. The third-order valence-corrected chi connectivity index (χ3v) is 3.24. The third-order valence-electron chi connectivity index (χ3n) is 2.81. The predicted molar refractivity (Wildman–Crippen MR) is 81.1 cm³/mol. The van der Waals surface area contributed by atoms with Crippen LogP contribution in [0.3, 0.4) is 0 Å². The van der Waals surface area contributed by atoms with E-state index in [1.165, 1.54) is 5.56 Å². The SMILES string of the molecule is OCCCc1cccc(NCc2cncc(Br)c2)c1. The summed E-state index contributed by atoms with van der Waals surface area (Å²) in [5.74, 6) is 0. The van der Waals surface area contributed by atoms with Crippen molar-refractivity contribution in [1.82, 2.24) is 4.98 Å². The van der Waals surface area contributed by atoms with Crippen molar-refractivity contribution < 1.29 is 5.11 Å². The first-order valence-electron chi connectivity index (χ1n) is 6.31. The first-order chi connectivity index (χ1) is 9.28. The number of halogens is 1. The fraction of sp³-hybridized carbons (Fsp3) is 0.267. The number of rotatable bonds is 6. The van der Waals surface area contributed by atoms with Gasteiger partial charge in [0.1, 0.15) is 0 Å². The zero-order valence-corrected chi connectivity index (χ0v) is 12.2. The highest BCUT2D eigenvalue weighted by molar-refractivity contribution is 9.10. The van der Waals surface area contributed by atoms with E-state index in [1.54, 1.807) is 6.20 Å². The molecule has 0 fully saturated rings. The number of nitrogens with zero attached hydrogens (tertiary/aromatic N) is 1. The van der Waals surface area contributed by atoms with E-state index < -0.39 is 0 Å². The molecule has 0 aliphatic heterocycles. The number of benzene rings is 1. The van der Waals surface area contributed by atoms with Gasteiger partial charge in [0.2, 0.25) is 0 Å². The van der Waals surface area contributed by atoms with Crippen LogP contribution in [0.2, 0.25) is 0 Å². The molecule has 4 heteroatoms. The van der Waals surface area contributed by atoms with Gasteiger partial charge in [-0.3, -0.25) is 4.98 Å². The monoisotopic (exact) mass is 320 g/mol. The average Bonchev–Trinajstić information content (AvgIpc) is 2.43. The summed E-state index contributed by atoms with van der Waals surface area (Å²) < 4.78 is 0.989. The molecular weight excluding hydrogens is 304 g/mol. The Hall–Kier alpha value is -1.39. The van der Waals surface area contributed by atoms with Gasteiger partial charge in [0.05, 0.1) is 0 Å². The topological polar surface area (TPSA) is 45.1 Å². The van der Waals surface area contributed by atoms with Gasteiger partial charge < -0.3 is 10.4 Å². The number of aliphatic hydroxyl groups is 1. The molecule has 1 aromatic heterocycles. The number of nitrogens with one attached hydrogen (secondary N) is 1. The number of aromatic nitrogens is 1. The Bertz CT molecular complexity index is 531. The van der Waals surface area contributed by atoms with Crippen LogP contribution in [-0.4, -0.2) is 16.7 Å². The second kappa shape index (κ2) is 7.26. The van der Waals surface area contributed by atoms with Crippen molar-refractivity contribution in [3.8, 4) is 0 Å². The minimum Gasteiger partial charge on any atom is -0.396 e. The van der Waals surface area contributed by atoms with Crippen molar-refractivity contribution in [3.05, 3.63) is 58.3 Å². The van der Waals surface area contributed by atoms with E-state index in [-0.39, 0.29) is 6.61 Å². The summed E-state index contributed by atoms with van der Waals surface area (Å²) in [4.78, 5) is 4.14. The summed E-state index contributed by atoms with van der Waals surface area (Å²) in [6.45, 7) is 0.983. The van der Waals surface area contributed by atoms with Crippen molar-refractivity contribution in [2.45, 2.75) is 19.4 Å². The molecule has 2 N–H and O–H groups in total. The van der Waals surface area contributed by atoms with Gasteiger partial charge in [0.25, 0.3) is 0 Å². The molecule has 0 bridgehead atoms. The lowest BCUT2D eigenvalue weighted by atomic mass is 10.1. The molecule has 0 saturated carbocycles. The Morgan fingerprint density at radius 1 is 1.16 bits per heavy atom. The Morgan fingerprint density at radius 2 is 2.05 bits per heavy atom. The number of pyridine rings is 1. The van der Waals surface area contributed by atoms with Crippen molar-refractivity contribution in [2.75, 3.05) is 11.9 Å². The summed E-state index contributed by atoms with van der Waals surface area (Å²) in [5, 5.41) is 12.2. The molecule has 0 spiro atoms. The molecule has 2 aromatic rings. The Labute approximate surface area is 121 Å². The second-order valence-electron chi connectivity index (χ2n) is 4.39. The fourth-order valence-corrected chi connectivity index (χ4v) is 2.29. The molecular formula is C15H17BrN2O. The van der Waals surface area contributed by atoms with E-state index in [1.807, 2.05) is 18.3 Å². The molecule has 0 aliphatic carbocycles. The summed E-state index contributed by atoms with van der Waals surface area (Å²) in [5.41, 5.74) is 3.47. The smallest absolute Gasteiger partial charge is 0.0434 e. The molecule has 0 saturated heterocycles. The summed E-state index contributed by atoms with van der Waals surface area (Å²) in [7, 11) is 0. The lowest BCUT2D eigenvalue weighted by Gasteiger charge is -2.08. The zero-order chi connectivity index (χ0) is 13.5. The van der Waals surface area contributed by atoms with E-state index in [0.29, 0.717) is 0 Å². The van der Waals surface area contributed by atoms with Crippen LogP contribution in [0.4, 0.5) is 5.69 Å². The highest BCUT2D eigenvalue weighted by Gasteiger charge is 1.98. The average molecular weight is 321 g/mol. The maximum Gasteiger partial charge on any atom is 0.0434 e. The van der Waals surface area contributed by atoms with Gasteiger partial charge in [-0.15, -0.1) is 0 Å². The fourth-order valence-electron chi connectivity index (χ4n) is 1.88. The summed E-state index contributed by atoms with van der Waals surface area (Å²) >= 11 is 3.41. The van der Waals surface area contributed by atoms with Crippen molar-refractivity contribution in [1.29, 1.82) is 0 Å². The third kappa shape index (κ3) is 4.65. The second-order valence-corrected chi connectivity index (χ2v) is 5.31. The van der Waals surface area contributed by atoms with Gasteiger partial charge >= 0.3 is 0 Å². The summed E-state index contributed by atoms with van der Waals surface area (Å²) in [6.07, 6.45) is 5.34. The standard InChI is InChI=1S/C15H17BrN2O/c16-14-7-13(9-17-11-14)10-18-15-5-1-3-12(8-15)4-2-6-19/h1,3,5,7-9,11,18-19H,2,4,6,10H2. The molecule has 0 aliphatic rings. The molecule has 0 unspecified atom stereocenters. The molecule has 2 rings (SSSR count). The Kier molecular flexibility index (Phi) is 5.36. The largest absolute Gasteiger partial charge is 0.396 e. The maximum absolute atomic E-state index is 8.85. The minimum atomic E-state index is 0.237. The molecule has 1 aromatic carbocycles. The van der Waals surface area contributed by atoms with Gasteiger partial charge in [0, 0.05) is 35.7 Å². The molecule has 1 heterocycles. The Morgan fingerprint density at radius 3 is 2.84 bits per heavy atom. The lowest BCUT2D eigenvalue weighted by molar-refractivity contribution is 0.288. The van der Waals surface area contributed by atoms with Gasteiger partial charge in [0.15, 0.2) is 0 Å². The van der Waals surface area contributed by atoms with Crippen LogP contribution in [0.1, 0.15) is 17.5 Å². The summed E-state index contributed by atoms with van der Waals surface area (Å²) in [6, 6.07) is 10.3. The van der Waals surface area contributed by atoms with Gasteiger partial charge in [-0.1, -0.05) is 12.1 Å². The van der Waals surface area contributed by atoms with Crippen molar-refractivity contribution in [3.63, 3.8) is 0 Å². The quantitative estimate of drug-likeness (QED) is 0.857. The first-order valence-corrected chi connectivity index (χ1v) is 7.10. The van der Waals surface area contributed by atoms with Crippen molar-refractivity contribution >= 4 is 21.6 Å². The van der Waals surface area contributed by atoms with Crippen LogP contribution >= 0.6 is 15.9 Å². The van der Waals surface area contributed by atoms with E-state index in [0.717, 1.165) is 35.1 Å². The lowest BCUT2D eigenvalue weighted by Crippen LogP contribution is -2.00. The van der Waals surface area contributed by atoms with Gasteiger partial charge in [-0.2, -0.15) is 0 Å². The highest BCUT2D eigenvalue weighted by atomic mass is 79.9. The minimum absolute atomic E-state index is 0.237. The normalized spacial score (nSPS) is 10.4. The molecule has 0 amide bonds. The van der Waals surface area contributed by atoms with Gasteiger partial charge in [-0.25, -0.2) is 0 Å². The van der Waals surface area contributed by atoms with Crippen LogP contribution in [0.15, 0.2) is 47.2 Å². The molecule has 0 atom stereocenters. The predicted octanol–water partition coefficient (Wildman–Crippen LogP) is 3.38. The molecule has 19 heavy (non-hydrogen) atoms. The number of aryl methyl sites for hydroxylation is 1. The van der Waals surface area contributed by atoms with E-state index in [9.17, 15) is 0 Å². The number of anilines is 1. The first kappa shape index (κ1) is 14.0. The number of hydrogen-bond acceptors (Lipinski definition) is 3.